The number of hydrogen-bond acceptors (Lipinski definition) is 7. The van der Waals surface area contributed by atoms with E-state index in [0.29, 0.717) is 33.5 Å². The van der Waals surface area contributed by atoms with E-state index in [-0.39, 0.29) is 23.2 Å². The highest BCUT2D eigenvalue weighted by Crippen LogP contribution is 2.31. The molecule has 3 aromatic rings. The van der Waals surface area contributed by atoms with E-state index in [4.69, 9.17) is 37.2 Å². The summed E-state index contributed by atoms with van der Waals surface area (Å²) in [5.41, 5.74) is 1.09. The standard InChI is InChI=1S/C19H19Cl2N3O5S/c1-24(30(25,26)11-13-4-6-14(20)9-15(13)21)10-18-22-19(23-29-18)12-5-7-16(27-2)17(8-12)28-3/h4-9H,10-11H2,1-3H3. The number of ether oxygens (including phenoxy) is 2. The zero-order valence-corrected chi connectivity index (χ0v) is 18.8. The van der Waals surface area contributed by atoms with Crippen molar-refractivity contribution in [2.45, 2.75) is 12.3 Å². The van der Waals surface area contributed by atoms with Crippen molar-refractivity contribution >= 4 is 33.2 Å². The van der Waals surface area contributed by atoms with Gasteiger partial charge in [0.1, 0.15) is 0 Å². The summed E-state index contributed by atoms with van der Waals surface area (Å²) in [6.45, 7) is -0.0895. The largest absolute Gasteiger partial charge is 0.493 e. The van der Waals surface area contributed by atoms with E-state index >= 15 is 0 Å². The van der Waals surface area contributed by atoms with Crippen molar-refractivity contribution in [3.05, 3.63) is 57.9 Å². The monoisotopic (exact) mass is 471 g/mol. The lowest BCUT2D eigenvalue weighted by molar-refractivity contribution is 0.336. The van der Waals surface area contributed by atoms with Gasteiger partial charge in [-0.05, 0) is 35.9 Å². The van der Waals surface area contributed by atoms with Crippen molar-refractivity contribution < 1.29 is 22.4 Å². The SMILES string of the molecule is COc1ccc(-c2noc(CN(C)S(=O)(=O)Cc3ccc(Cl)cc3Cl)n2)cc1OC. The van der Waals surface area contributed by atoms with Gasteiger partial charge in [-0.3, -0.25) is 0 Å². The van der Waals surface area contributed by atoms with Crippen molar-refractivity contribution in [2.75, 3.05) is 21.3 Å². The molecule has 160 valence electrons. The molecule has 0 N–H and O–H groups in total. The van der Waals surface area contributed by atoms with Gasteiger partial charge in [-0.15, -0.1) is 0 Å². The zero-order chi connectivity index (χ0) is 21.9. The highest BCUT2D eigenvalue weighted by Gasteiger charge is 2.23. The molecule has 3 rings (SSSR count). The topological polar surface area (TPSA) is 94.8 Å². The second kappa shape index (κ2) is 9.22. The molecule has 0 bridgehead atoms. The first kappa shape index (κ1) is 22.4. The van der Waals surface area contributed by atoms with Crippen LogP contribution < -0.4 is 9.47 Å². The average molecular weight is 472 g/mol. The Bertz CT molecular complexity index is 1150. The van der Waals surface area contributed by atoms with Crippen molar-refractivity contribution in [3.8, 4) is 22.9 Å². The number of benzene rings is 2. The normalized spacial score (nSPS) is 11.7. The highest BCUT2D eigenvalue weighted by molar-refractivity contribution is 7.88. The summed E-state index contributed by atoms with van der Waals surface area (Å²) in [6.07, 6.45) is 0. The van der Waals surface area contributed by atoms with E-state index in [0.717, 1.165) is 4.31 Å². The fourth-order valence-corrected chi connectivity index (χ4v) is 4.37. The first-order chi connectivity index (χ1) is 14.2. The molecule has 30 heavy (non-hydrogen) atoms. The van der Waals surface area contributed by atoms with E-state index in [2.05, 4.69) is 10.1 Å². The minimum Gasteiger partial charge on any atom is -0.493 e. The molecule has 0 aliphatic heterocycles. The lowest BCUT2D eigenvalue weighted by atomic mass is 10.2. The third-order valence-electron chi connectivity index (χ3n) is 4.30. The lowest BCUT2D eigenvalue weighted by Gasteiger charge is -2.15. The predicted molar refractivity (Wildman–Crippen MR) is 113 cm³/mol. The van der Waals surface area contributed by atoms with Crippen molar-refractivity contribution in [2.24, 2.45) is 0 Å². The molecule has 0 saturated heterocycles. The van der Waals surface area contributed by atoms with Crippen LogP contribution in [0.5, 0.6) is 11.5 Å². The van der Waals surface area contributed by atoms with Gasteiger partial charge in [0, 0.05) is 22.7 Å². The van der Waals surface area contributed by atoms with Gasteiger partial charge in [-0.2, -0.15) is 9.29 Å². The van der Waals surface area contributed by atoms with Gasteiger partial charge >= 0.3 is 0 Å². The minimum atomic E-state index is -3.68. The molecule has 11 heteroatoms. The van der Waals surface area contributed by atoms with Crippen LogP contribution in [0.2, 0.25) is 10.0 Å². The summed E-state index contributed by atoms with van der Waals surface area (Å²) < 4.78 is 42.2. The van der Waals surface area contributed by atoms with Crippen LogP contribution in [0.3, 0.4) is 0 Å². The molecule has 0 fully saturated rings. The maximum Gasteiger partial charge on any atom is 0.242 e. The second-order valence-corrected chi connectivity index (χ2v) is 9.25. The Kier molecular flexibility index (Phi) is 6.87. The van der Waals surface area contributed by atoms with Crippen LogP contribution in [-0.2, 0) is 22.3 Å². The van der Waals surface area contributed by atoms with Crippen molar-refractivity contribution in [3.63, 3.8) is 0 Å². The number of halogens is 2. The first-order valence-corrected chi connectivity index (χ1v) is 11.0. The number of rotatable bonds is 8. The van der Waals surface area contributed by atoms with Gasteiger partial charge in [-0.25, -0.2) is 8.42 Å². The smallest absolute Gasteiger partial charge is 0.242 e. The molecule has 0 amide bonds. The van der Waals surface area contributed by atoms with Crippen LogP contribution in [0.1, 0.15) is 11.5 Å². The number of aromatic nitrogens is 2. The van der Waals surface area contributed by atoms with Crippen LogP contribution in [0.4, 0.5) is 0 Å². The van der Waals surface area contributed by atoms with Crippen LogP contribution in [0.15, 0.2) is 40.9 Å². The highest BCUT2D eigenvalue weighted by atomic mass is 35.5. The molecule has 0 saturated carbocycles. The molecule has 1 heterocycles. The summed E-state index contributed by atoms with van der Waals surface area (Å²) in [5, 5.41) is 4.64. The molecule has 0 aliphatic rings. The van der Waals surface area contributed by atoms with Gasteiger partial charge in [0.25, 0.3) is 0 Å². The molecule has 0 unspecified atom stereocenters. The van der Waals surface area contributed by atoms with Gasteiger partial charge in [-0.1, -0.05) is 34.4 Å². The van der Waals surface area contributed by atoms with Gasteiger partial charge < -0.3 is 14.0 Å². The Balaban J connectivity index is 1.75. The maximum atomic E-state index is 12.7. The van der Waals surface area contributed by atoms with Crippen LogP contribution >= 0.6 is 23.2 Å². The third-order valence-corrected chi connectivity index (χ3v) is 6.64. The Hall–Kier alpha value is -2.33. The second-order valence-electron chi connectivity index (χ2n) is 6.33. The molecule has 8 nitrogen and oxygen atoms in total. The minimum absolute atomic E-state index is 0.0895. The predicted octanol–water partition coefficient (Wildman–Crippen LogP) is 4.02. The number of methoxy groups -OCH3 is 2. The Labute approximate surface area is 184 Å². The summed E-state index contributed by atoms with van der Waals surface area (Å²) in [5.74, 6) is 1.25. The van der Waals surface area contributed by atoms with Gasteiger partial charge in [0.15, 0.2) is 11.5 Å². The maximum absolute atomic E-state index is 12.7. The first-order valence-electron chi connectivity index (χ1n) is 8.66. The molecule has 1 aromatic heterocycles. The molecule has 0 radical (unpaired) electrons. The van der Waals surface area contributed by atoms with E-state index in [1.165, 1.54) is 27.3 Å². The molecular weight excluding hydrogens is 453 g/mol. The van der Waals surface area contributed by atoms with E-state index in [9.17, 15) is 8.42 Å². The van der Waals surface area contributed by atoms with E-state index < -0.39 is 10.0 Å². The van der Waals surface area contributed by atoms with Crippen LogP contribution in [-0.4, -0.2) is 44.1 Å². The van der Waals surface area contributed by atoms with E-state index in [1.54, 1.807) is 30.3 Å². The lowest BCUT2D eigenvalue weighted by Crippen LogP contribution is -2.28. The van der Waals surface area contributed by atoms with Crippen LogP contribution in [0.25, 0.3) is 11.4 Å². The molecule has 2 aromatic carbocycles. The fraction of sp³-hybridized carbons (Fsp3) is 0.263. The molecule has 0 atom stereocenters. The number of nitrogens with zero attached hydrogens (tertiary/aromatic N) is 3. The van der Waals surface area contributed by atoms with Crippen LogP contribution in [0, 0.1) is 0 Å². The zero-order valence-electron chi connectivity index (χ0n) is 16.4. The van der Waals surface area contributed by atoms with Crippen molar-refractivity contribution in [1.29, 1.82) is 0 Å². The number of hydrogen-bond donors (Lipinski definition) is 0. The summed E-state index contributed by atoms with van der Waals surface area (Å²) >= 11 is 12.0. The summed E-state index contributed by atoms with van der Waals surface area (Å²) in [7, 11) is 0.813. The fourth-order valence-electron chi connectivity index (χ4n) is 2.65. The summed E-state index contributed by atoms with van der Waals surface area (Å²) in [4.78, 5) is 4.28. The Morgan fingerprint density at radius 3 is 2.47 bits per heavy atom. The molecule has 0 aliphatic carbocycles. The molecular formula is C19H19Cl2N3O5S. The average Bonchev–Trinajstić information content (AvgIpc) is 3.18. The number of sulfonamides is 1. The Morgan fingerprint density at radius 2 is 1.80 bits per heavy atom. The van der Waals surface area contributed by atoms with Gasteiger partial charge in [0.2, 0.25) is 21.7 Å². The summed E-state index contributed by atoms with van der Waals surface area (Å²) in [6, 6.07) is 9.84. The Morgan fingerprint density at radius 1 is 1.07 bits per heavy atom. The van der Waals surface area contributed by atoms with E-state index in [1.807, 2.05) is 0 Å². The van der Waals surface area contributed by atoms with Crippen molar-refractivity contribution in [1.82, 2.24) is 14.4 Å². The molecule has 0 spiro atoms. The van der Waals surface area contributed by atoms with Gasteiger partial charge in [0.05, 0.1) is 26.5 Å². The third kappa shape index (κ3) is 5.04. The quantitative estimate of drug-likeness (QED) is 0.489.